The first-order chi connectivity index (χ1) is 14.0. The molecule has 0 unspecified atom stereocenters. The van der Waals surface area contributed by atoms with Crippen LogP contribution in [0.5, 0.6) is 0 Å². The van der Waals surface area contributed by atoms with E-state index in [0.29, 0.717) is 30.9 Å². The molecule has 1 amide bonds. The predicted octanol–water partition coefficient (Wildman–Crippen LogP) is 2.92. The molecule has 0 bridgehead atoms. The highest BCUT2D eigenvalue weighted by molar-refractivity contribution is 5.75. The van der Waals surface area contributed by atoms with Crippen molar-refractivity contribution in [3.63, 3.8) is 0 Å². The van der Waals surface area contributed by atoms with Crippen molar-refractivity contribution in [3.8, 4) is 0 Å². The van der Waals surface area contributed by atoms with Crippen LogP contribution in [0.3, 0.4) is 0 Å². The number of carbonyl (C=O) groups is 2. The monoisotopic (exact) mass is 401 g/mol. The number of anilines is 2. The standard InChI is InChI=1S/C21H24FN3O4/c1-23-21(27)29-17-9-10-25(13-17)19-8-7-16(11-18(19)22)24-12-20(26)28-14-15-5-3-2-4-6-15/h2-8,11,17,24H,9-10,12-14H2,1H3,(H,23,27)/t17-/m1/s1. The summed E-state index contributed by atoms with van der Waals surface area (Å²) in [6, 6.07) is 14.1. The highest BCUT2D eigenvalue weighted by Gasteiger charge is 2.27. The Balaban J connectivity index is 1.48. The molecule has 29 heavy (non-hydrogen) atoms. The number of nitrogens with one attached hydrogen (secondary N) is 2. The third-order valence-electron chi connectivity index (χ3n) is 4.59. The number of alkyl carbamates (subject to hydrolysis) is 1. The van der Waals surface area contributed by atoms with Crippen LogP contribution in [0.2, 0.25) is 0 Å². The zero-order valence-electron chi connectivity index (χ0n) is 16.2. The minimum Gasteiger partial charge on any atom is -0.460 e. The number of hydrogen-bond donors (Lipinski definition) is 2. The van der Waals surface area contributed by atoms with Gasteiger partial charge in [0.1, 0.15) is 25.1 Å². The van der Waals surface area contributed by atoms with Crippen LogP contribution in [-0.4, -0.2) is 44.8 Å². The summed E-state index contributed by atoms with van der Waals surface area (Å²) in [7, 11) is 1.50. The predicted molar refractivity (Wildman–Crippen MR) is 107 cm³/mol. The van der Waals surface area contributed by atoms with Crippen molar-refractivity contribution >= 4 is 23.4 Å². The number of carbonyl (C=O) groups excluding carboxylic acids is 2. The third kappa shape index (κ3) is 5.84. The Morgan fingerprint density at radius 1 is 1.21 bits per heavy atom. The Labute approximate surface area is 168 Å². The number of nitrogens with zero attached hydrogens (tertiary/aromatic N) is 1. The summed E-state index contributed by atoms with van der Waals surface area (Å²) in [5.74, 6) is -0.833. The average molecular weight is 401 g/mol. The quantitative estimate of drug-likeness (QED) is 0.695. The Bertz CT molecular complexity index is 847. The van der Waals surface area contributed by atoms with Gasteiger partial charge in [0.2, 0.25) is 0 Å². The molecule has 0 saturated carbocycles. The third-order valence-corrected chi connectivity index (χ3v) is 4.59. The number of halogens is 1. The fourth-order valence-electron chi connectivity index (χ4n) is 3.09. The van der Waals surface area contributed by atoms with E-state index in [1.165, 1.54) is 13.1 Å². The number of rotatable bonds is 7. The summed E-state index contributed by atoms with van der Waals surface area (Å²) in [6.45, 7) is 1.17. The van der Waals surface area contributed by atoms with E-state index in [2.05, 4.69) is 10.6 Å². The second-order valence-electron chi connectivity index (χ2n) is 6.68. The lowest BCUT2D eigenvalue weighted by Crippen LogP contribution is -2.29. The van der Waals surface area contributed by atoms with Gasteiger partial charge < -0.3 is 25.0 Å². The van der Waals surface area contributed by atoms with Crippen LogP contribution in [0.1, 0.15) is 12.0 Å². The van der Waals surface area contributed by atoms with E-state index in [-0.39, 0.29) is 19.3 Å². The Morgan fingerprint density at radius 3 is 2.72 bits per heavy atom. The number of esters is 1. The molecule has 1 fully saturated rings. The lowest BCUT2D eigenvalue weighted by Gasteiger charge is -2.20. The van der Waals surface area contributed by atoms with Gasteiger partial charge in [-0.3, -0.25) is 4.79 Å². The molecule has 0 aliphatic carbocycles. The van der Waals surface area contributed by atoms with Crippen LogP contribution in [-0.2, 0) is 20.9 Å². The number of ether oxygens (including phenoxy) is 2. The molecule has 3 rings (SSSR count). The Morgan fingerprint density at radius 2 is 2.00 bits per heavy atom. The average Bonchev–Trinajstić information content (AvgIpc) is 3.19. The van der Waals surface area contributed by atoms with Gasteiger partial charge in [-0.05, 0) is 23.8 Å². The van der Waals surface area contributed by atoms with Gasteiger partial charge in [-0.1, -0.05) is 30.3 Å². The van der Waals surface area contributed by atoms with Crippen molar-refractivity contribution in [1.29, 1.82) is 0 Å². The molecule has 2 N–H and O–H groups in total. The fourth-order valence-corrected chi connectivity index (χ4v) is 3.09. The zero-order chi connectivity index (χ0) is 20.6. The molecule has 2 aromatic rings. The molecule has 1 aliphatic heterocycles. The van der Waals surface area contributed by atoms with E-state index in [1.807, 2.05) is 35.2 Å². The maximum atomic E-state index is 14.5. The summed E-state index contributed by atoms with van der Waals surface area (Å²) >= 11 is 0. The van der Waals surface area contributed by atoms with Crippen LogP contribution in [0.25, 0.3) is 0 Å². The topological polar surface area (TPSA) is 79.9 Å². The van der Waals surface area contributed by atoms with E-state index < -0.39 is 17.9 Å². The number of hydrogen-bond acceptors (Lipinski definition) is 6. The molecule has 1 heterocycles. The van der Waals surface area contributed by atoms with Crippen molar-refractivity contribution in [3.05, 3.63) is 59.9 Å². The molecule has 1 aliphatic rings. The normalized spacial score (nSPS) is 15.7. The molecular formula is C21H24FN3O4. The molecule has 0 radical (unpaired) electrons. The van der Waals surface area contributed by atoms with E-state index in [9.17, 15) is 14.0 Å². The summed E-state index contributed by atoms with van der Waals surface area (Å²) in [6.07, 6.45) is -0.123. The van der Waals surface area contributed by atoms with E-state index in [4.69, 9.17) is 9.47 Å². The molecule has 0 spiro atoms. The Kier molecular flexibility index (Phi) is 6.89. The van der Waals surface area contributed by atoms with Gasteiger partial charge in [0.15, 0.2) is 0 Å². The number of amides is 1. The van der Waals surface area contributed by atoms with Crippen molar-refractivity contribution in [2.45, 2.75) is 19.1 Å². The van der Waals surface area contributed by atoms with E-state index in [1.54, 1.807) is 12.1 Å². The zero-order valence-corrected chi connectivity index (χ0v) is 16.2. The van der Waals surface area contributed by atoms with Gasteiger partial charge in [-0.25, -0.2) is 9.18 Å². The van der Waals surface area contributed by atoms with Crippen molar-refractivity contribution < 1.29 is 23.5 Å². The molecule has 8 heteroatoms. The SMILES string of the molecule is CNC(=O)O[C@@H]1CCN(c2ccc(NCC(=O)OCc3ccccc3)cc2F)C1. The molecule has 1 saturated heterocycles. The van der Waals surface area contributed by atoms with Gasteiger partial charge >= 0.3 is 12.1 Å². The molecule has 2 aromatic carbocycles. The first kappa shape index (κ1) is 20.4. The van der Waals surface area contributed by atoms with E-state index in [0.717, 1.165) is 5.56 Å². The molecule has 7 nitrogen and oxygen atoms in total. The largest absolute Gasteiger partial charge is 0.460 e. The maximum absolute atomic E-state index is 14.5. The molecule has 0 aromatic heterocycles. The highest BCUT2D eigenvalue weighted by atomic mass is 19.1. The maximum Gasteiger partial charge on any atom is 0.407 e. The first-order valence-corrected chi connectivity index (χ1v) is 9.41. The van der Waals surface area contributed by atoms with Gasteiger partial charge in [0, 0.05) is 25.7 Å². The molecule has 1 atom stereocenters. The van der Waals surface area contributed by atoms with Crippen LogP contribution < -0.4 is 15.5 Å². The van der Waals surface area contributed by atoms with Crippen molar-refractivity contribution in [1.82, 2.24) is 5.32 Å². The summed E-state index contributed by atoms with van der Waals surface area (Å²) < 4.78 is 24.9. The molecule has 154 valence electrons. The van der Waals surface area contributed by atoms with Gasteiger partial charge in [-0.2, -0.15) is 0 Å². The fraction of sp³-hybridized carbons (Fsp3) is 0.333. The lowest BCUT2D eigenvalue weighted by molar-refractivity contribution is -0.142. The minimum atomic E-state index is -0.490. The van der Waals surface area contributed by atoms with Crippen LogP contribution in [0.15, 0.2) is 48.5 Å². The summed E-state index contributed by atoms with van der Waals surface area (Å²) in [4.78, 5) is 25.0. The first-order valence-electron chi connectivity index (χ1n) is 9.41. The summed E-state index contributed by atoms with van der Waals surface area (Å²) in [5.41, 5.74) is 1.83. The highest BCUT2D eigenvalue weighted by Crippen LogP contribution is 2.27. The van der Waals surface area contributed by atoms with Crippen LogP contribution >= 0.6 is 0 Å². The second-order valence-corrected chi connectivity index (χ2v) is 6.68. The van der Waals surface area contributed by atoms with Crippen LogP contribution in [0.4, 0.5) is 20.6 Å². The number of benzene rings is 2. The van der Waals surface area contributed by atoms with Gasteiger partial charge in [0.05, 0.1) is 12.2 Å². The lowest BCUT2D eigenvalue weighted by atomic mass is 10.2. The minimum absolute atomic E-state index is 0.0582. The van der Waals surface area contributed by atoms with Crippen molar-refractivity contribution in [2.24, 2.45) is 0 Å². The smallest absolute Gasteiger partial charge is 0.407 e. The van der Waals surface area contributed by atoms with E-state index >= 15 is 0 Å². The van der Waals surface area contributed by atoms with Crippen LogP contribution in [0, 0.1) is 5.82 Å². The van der Waals surface area contributed by atoms with Gasteiger partial charge in [-0.15, -0.1) is 0 Å². The van der Waals surface area contributed by atoms with Crippen molar-refractivity contribution in [2.75, 3.05) is 36.9 Å². The molecular weight excluding hydrogens is 377 g/mol. The van der Waals surface area contributed by atoms with Gasteiger partial charge in [0.25, 0.3) is 0 Å². The second kappa shape index (κ2) is 9.77. The summed E-state index contributed by atoms with van der Waals surface area (Å²) in [5, 5.41) is 5.28. The Hall–Kier alpha value is -3.29.